The fourth-order valence-corrected chi connectivity index (χ4v) is 1.70. The van der Waals surface area contributed by atoms with Crippen LogP contribution in [0.15, 0.2) is 23.7 Å². The first-order chi connectivity index (χ1) is 6.38. The Hall–Kier alpha value is -0.830. The molecule has 0 aromatic heterocycles. The summed E-state index contributed by atoms with van der Waals surface area (Å²) < 4.78 is 18.6. The number of morpholine rings is 1. The number of rotatable bonds is 1. The van der Waals surface area contributed by atoms with Gasteiger partial charge in [-0.15, -0.1) is 0 Å². The highest BCUT2D eigenvalue weighted by molar-refractivity contribution is 5.25. The fourth-order valence-electron chi connectivity index (χ4n) is 1.70. The smallest absolute Gasteiger partial charge is 0.123 e. The molecule has 1 saturated heterocycles. The third kappa shape index (κ3) is 1.91. The summed E-state index contributed by atoms with van der Waals surface area (Å²) in [4.78, 5) is 2.06. The van der Waals surface area contributed by atoms with Crippen LogP contribution in [0.4, 0.5) is 4.39 Å². The summed E-state index contributed by atoms with van der Waals surface area (Å²) in [5, 5.41) is 0. The Morgan fingerprint density at radius 2 is 2.08 bits per heavy atom. The van der Waals surface area contributed by atoms with Gasteiger partial charge in [0.15, 0.2) is 0 Å². The monoisotopic (exact) mass is 183 g/mol. The van der Waals surface area contributed by atoms with Crippen molar-refractivity contribution >= 4 is 0 Å². The van der Waals surface area contributed by atoms with Crippen LogP contribution in [0, 0.1) is 0 Å². The van der Waals surface area contributed by atoms with Gasteiger partial charge < -0.3 is 9.64 Å². The van der Waals surface area contributed by atoms with Gasteiger partial charge in [-0.2, -0.15) is 0 Å². The van der Waals surface area contributed by atoms with E-state index >= 15 is 0 Å². The maximum absolute atomic E-state index is 13.4. The van der Waals surface area contributed by atoms with Crippen molar-refractivity contribution in [2.24, 2.45) is 0 Å². The molecule has 0 saturated carbocycles. The Labute approximate surface area is 77.7 Å². The molecule has 0 spiro atoms. The largest absolute Gasteiger partial charge is 0.378 e. The van der Waals surface area contributed by atoms with E-state index in [4.69, 9.17) is 4.74 Å². The molecule has 0 unspecified atom stereocenters. The lowest BCUT2D eigenvalue weighted by atomic mass is 10.1. The lowest BCUT2D eigenvalue weighted by molar-refractivity contribution is 0.0538. The third-order valence-electron chi connectivity index (χ3n) is 2.44. The van der Waals surface area contributed by atoms with E-state index in [0.29, 0.717) is 19.6 Å². The number of allylic oxidation sites excluding steroid dienone is 3. The van der Waals surface area contributed by atoms with E-state index in [2.05, 4.69) is 4.90 Å². The molecule has 13 heavy (non-hydrogen) atoms. The molecule has 2 nitrogen and oxygen atoms in total. The van der Waals surface area contributed by atoms with Crippen molar-refractivity contribution in [3.05, 3.63) is 23.7 Å². The molecule has 72 valence electrons. The van der Waals surface area contributed by atoms with E-state index in [1.54, 1.807) is 0 Å². The summed E-state index contributed by atoms with van der Waals surface area (Å²) >= 11 is 0. The van der Waals surface area contributed by atoms with Crippen molar-refractivity contribution in [2.75, 3.05) is 26.3 Å². The third-order valence-corrected chi connectivity index (χ3v) is 2.44. The first kappa shape index (κ1) is 8.75. The van der Waals surface area contributed by atoms with Crippen molar-refractivity contribution in [1.82, 2.24) is 4.90 Å². The van der Waals surface area contributed by atoms with Gasteiger partial charge in [0.25, 0.3) is 0 Å². The fraction of sp³-hybridized carbons (Fsp3) is 0.600. The molecule has 0 aromatic carbocycles. The first-order valence-electron chi connectivity index (χ1n) is 4.76. The zero-order valence-corrected chi connectivity index (χ0v) is 7.63. The molecule has 0 bridgehead atoms. The van der Waals surface area contributed by atoms with Gasteiger partial charge in [-0.3, -0.25) is 0 Å². The number of halogens is 1. The zero-order chi connectivity index (χ0) is 9.10. The van der Waals surface area contributed by atoms with Crippen molar-refractivity contribution < 1.29 is 9.13 Å². The predicted molar refractivity (Wildman–Crippen MR) is 48.9 cm³/mol. The Morgan fingerprint density at radius 3 is 2.77 bits per heavy atom. The van der Waals surface area contributed by atoms with Crippen LogP contribution in [0.5, 0.6) is 0 Å². The summed E-state index contributed by atoms with van der Waals surface area (Å²) in [6, 6.07) is 0. The topological polar surface area (TPSA) is 12.5 Å². The molecule has 1 fully saturated rings. The second kappa shape index (κ2) is 3.92. The van der Waals surface area contributed by atoms with E-state index in [1.807, 2.05) is 12.2 Å². The van der Waals surface area contributed by atoms with Crippen LogP contribution in [-0.2, 0) is 4.74 Å². The number of nitrogens with zero attached hydrogens (tertiary/aromatic N) is 1. The molecular weight excluding hydrogens is 169 g/mol. The molecule has 1 aliphatic carbocycles. The Bertz CT molecular complexity index is 241. The van der Waals surface area contributed by atoms with E-state index in [-0.39, 0.29) is 5.83 Å². The number of hydrogen-bond acceptors (Lipinski definition) is 2. The summed E-state index contributed by atoms with van der Waals surface area (Å²) in [7, 11) is 0. The van der Waals surface area contributed by atoms with Gasteiger partial charge >= 0.3 is 0 Å². The molecular formula is C10H14FNO. The molecule has 1 aliphatic heterocycles. The van der Waals surface area contributed by atoms with Crippen molar-refractivity contribution in [3.63, 3.8) is 0 Å². The number of ether oxygens (including phenoxy) is 1. The molecule has 2 rings (SSSR count). The minimum atomic E-state index is 0.0319. The average molecular weight is 183 g/mol. The summed E-state index contributed by atoms with van der Waals surface area (Å²) in [6.07, 6.45) is 5.32. The van der Waals surface area contributed by atoms with Crippen LogP contribution >= 0.6 is 0 Å². The maximum Gasteiger partial charge on any atom is 0.123 e. The Balaban J connectivity index is 2.09. The van der Waals surface area contributed by atoms with Crippen LogP contribution < -0.4 is 0 Å². The number of hydrogen-bond donors (Lipinski definition) is 0. The van der Waals surface area contributed by atoms with E-state index in [0.717, 1.165) is 25.2 Å². The standard InChI is InChI=1S/C10H14FNO/c11-9-3-1-2-4-10(9)12-5-7-13-8-6-12/h2,4H,1,3,5-8H2. The first-order valence-corrected chi connectivity index (χ1v) is 4.76. The van der Waals surface area contributed by atoms with Crippen LogP contribution in [-0.4, -0.2) is 31.2 Å². The van der Waals surface area contributed by atoms with Gasteiger partial charge in [-0.1, -0.05) is 6.08 Å². The van der Waals surface area contributed by atoms with Crippen LogP contribution in [0.2, 0.25) is 0 Å². The summed E-state index contributed by atoms with van der Waals surface area (Å²) in [6.45, 7) is 3.05. The lowest BCUT2D eigenvalue weighted by Gasteiger charge is -2.30. The molecule has 0 amide bonds. The van der Waals surface area contributed by atoms with Crippen LogP contribution in [0.25, 0.3) is 0 Å². The molecule has 1 heterocycles. The average Bonchev–Trinajstić information content (AvgIpc) is 2.20. The van der Waals surface area contributed by atoms with E-state index < -0.39 is 0 Å². The molecule has 0 radical (unpaired) electrons. The zero-order valence-electron chi connectivity index (χ0n) is 7.63. The minimum Gasteiger partial charge on any atom is -0.378 e. The Morgan fingerprint density at radius 1 is 1.31 bits per heavy atom. The quantitative estimate of drug-likeness (QED) is 0.615. The lowest BCUT2D eigenvalue weighted by Crippen LogP contribution is -2.35. The van der Waals surface area contributed by atoms with Gasteiger partial charge in [0.2, 0.25) is 0 Å². The van der Waals surface area contributed by atoms with Crippen molar-refractivity contribution in [2.45, 2.75) is 12.8 Å². The molecule has 0 N–H and O–H groups in total. The van der Waals surface area contributed by atoms with Gasteiger partial charge in [-0.05, 0) is 12.5 Å². The highest BCUT2D eigenvalue weighted by Crippen LogP contribution is 2.23. The SMILES string of the molecule is FC1=C(N2CCOCC2)C=CCC1. The van der Waals surface area contributed by atoms with Gasteiger partial charge in [0.1, 0.15) is 5.83 Å². The minimum absolute atomic E-state index is 0.0319. The maximum atomic E-state index is 13.4. The summed E-state index contributed by atoms with van der Waals surface area (Å²) in [5.41, 5.74) is 0.773. The molecule has 0 aromatic rings. The second-order valence-corrected chi connectivity index (χ2v) is 3.33. The summed E-state index contributed by atoms with van der Waals surface area (Å²) in [5.74, 6) is 0.0319. The predicted octanol–water partition coefficient (Wildman–Crippen LogP) is 1.85. The van der Waals surface area contributed by atoms with E-state index in [9.17, 15) is 4.39 Å². The van der Waals surface area contributed by atoms with Crippen molar-refractivity contribution in [3.8, 4) is 0 Å². The Kier molecular flexibility index (Phi) is 2.64. The highest BCUT2D eigenvalue weighted by Gasteiger charge is 2.17. The molecule has 3 heteroatoms. The van der Waals surface area contributed by atoms with Gasteiger partial charge in [0.05, 0.1) is 18.9 Å². The molecule has 0 atom stereocenters. The van der Waals surface area contributed by atoms with Crippen LogP contribution in [0.3, 0.4) is 0 Å². The van der Waals surface area contributed by atoms with Gasteiger partial charge in [0, 0.05) is 19.5 Å². The van der Waals surface area contributed by atoms with Gasteiger partial charge in [-0.25, -0.2) is 4.39 Å². The molecule has 2 aliphatic rings. The normalized spacial score (nSPS) is 23.9. The second-order valence-electron chi connectivity index (χ2n) is 3.33. The highest BCUT2D eigenvalue weighted by atomic mass is 19.1. The van der Waals surface area contributed by atoms with Crippen LogP contribution in [0.1, 0.15) is 12.8 Å². The van der Waals surface area contributed by atoms with E-state index in [1.165, 1.54) is 0 Å². The van der Waals surface area contributed by atoms with Crippen molar-refractivity contribution in [1.29, 1.82) is 0 Å².